The van der Waals surface area contributed by atoms with Gasteiger partial charge in [0.2, 0.25) is 0 Å². The summed E-state index contributed by atoms with van der Waals surface area (Å²) in [4.78, 5) is 20.2. The number of hydrogen-bond acceptors (Lipinski definition) is 4. The normalized spacial score (nSPS) is 17.4. The van der Waals surface area contributed by atoms with E-state index in [-0.39, 0.29) is 5.91 Å². The number of nitrogens with zero attached hydrogens (tertiary/aromatic N) is 2. The molecule has 1 aromatic heterocycles. The number of aryl methyl sites for hydroxylation is 1. The second kappa shape index (κ2) is 7.23. The van der Waals surface area contributed by atoms with Gasteiger partial charge in [0, 0.05) is 31.2 Å². The number of aromatic nitrogens is 1. The molecule has 1 fully saturated rings. The number of thiazole rings is 1. The Bertz CT molecular complexity index is 663. The number of carbonyl (C=O) groups is 1. The highest BCUT2D eigenvalue weighted by Crippen LogP contribution is 2.29. The highest BCUT2D eigenvalue weighted by atomic mass is 32.1. The van der Waals surface area contributed by atoms with Crippen LogP contribution in [0.1, 0.15) is 28.7 Å². The van der Waals surface area contributed by atoms with E-state index < -0.39 is 0 Å². The minimum Gasteiger partial charge on any atom is -0.381 e. The molecule has 2 heterocycles. The Morgan fingerprint density at radius 2 is 2.17 bits per heavy atom. The van der Waals surface area contributed by atoms with Crippen LogP contribution in [0, 0.1) is 12.8 Å². The fourth-order valence-electron chi connectivity index (χ4n) is 2.84. The van der Waals surface area contributed by atoms with Crippen molar-refractivity contribution < 1.29 is 9.53 Å². The molecule has 0 bridgehead atoms. The molecule has 1 aromatic carbocycles. The van der Waals surface area contributed by atoms with Crippen molar-refractivity contribution in [3.05, 3.63) is 40.9 Å². The molecule has 122 valence electrons. The number of ether oxygens (including phenoxy) is 1. The quantitative estimate of drug-likeness (QED) is 0.841. The maximum absolute atomic E-state index is 12.9. The summed E-state index contributed by atoms with van der Waals surface area (Å²) < 4.78 is 5.43. The molecule has 1 amide bonds. The monoisotopic (exact) mass is 330 g/mol. The fourth-order valence-corrected chi connectivity index (χ4v) is 3.88. The van der Waals surface area contributed by atoms with Gasteiger partial charge in [-0.2, -0.15) is 0 Å². The van der Waals surface area contributed by atoms with Crippen LogP contribution in [0.5, 0.6) is 0 Å². The lowest BCUT2D eigenvalue weighted by molar-refractivity contribution is 0.0734. The van der Waals surface area contributed by atoms with Crippen molar-refractivity contribution >= 4 is 17.2 Å². The highest BCUT2D eigenvalue weighted by Gasteiger charge is 2.25. The predicted octanol–water partition coefficient (Wildman–Crippen LogP) is 3.62. The van der Waals surface area contributed by atoms with Crippen LogP contribution in [0.25, 0.3) is 10.6 Å². The molecule has 0 saturated carbocycles. The van der Waals surface area contributed by atoms with E-state index in [2.05, 4.69) is 4.98 Å². The summed E-state index contributed by atoms with van der Waals surface area (Å²) in [5.41, 5.74) is 1.88. The second-order valence-electron chi connectivity index (χ2n) is 5.87. The topological polar surface area (TPSA) is 42.4 Å². The Hall–Kier alpha value is -1.72. The van der Waals surface area contributed by atoms with E-state index >= 15 is 0 Å². The lowest BCUT2D eigenvalue weighted by atomic mass is 10.1. The van der Waals surface area contributed by atoms with Gasteiger partial charge in [-0.3, -0.25) is 4.79 Å². The number of carbonyl (C=O) groups excluding carboxylic acids is 1. The maximum atomic E-state index is 12.9. The first kappa shape index (κ1) is 16.1. The van der Waals surface area contributed by atoms with Gasteiger partial charge in [-0.1, -0.05) is 30.3 Å². The van der Waals surface area contributed by atoms with Crippen LogP contribution < -0.4 is 0 Å². The SMILES string of the molecule is CCN(CC1CCOC1)C(=O)c1sc(-c2ccccc2)nc1C. The van der Waals surface area contributed by atoms with Crippen molar-refractivity contribution in [2.45, 2.75) is 20.3 Å². The minimum atomic E-state index is 0.0941. The van der Waals surface area contributed by atoms with E-state index in [4.69, 9.17) is 4.74 Å². The summed E-state index contributed by atoms with van der Waals surface area (Å²) in [5, 5.41) is 0.909. The molecule has 3 rings (SSSR count). The zero-order valence-electron chi connectivity index (χ0n) is 13.6. The minimum absolute atomic E-state index is 0.0941. The third-order valence-electron chi connectivity index (χ3n) is 4.18. The standard InChI is InChI=1S/C18H22N2O2S/c1-3-20(11-14-9-10-22-12-14)18(21)16-13(2)19-17(23-16)15-7-5-4-6-8-15/h4-8,14H,3,9-12H2,1-2H3. The number of benzene rings is 1. The molecule has 1 aliphatic rings. The zero-order valence-corrected chi connectivity index (χ0v) is 14.4. The first-order chi connectivity index (χ1) is 11.2. The lowest BCUT2D eigenvalue weighted by Crippen LogP contribution is -2.35. The smallest absolute Gasteiger partial charge is 0.265 e. The van der Waals surface area contributed by atoms with Gasteiger partial charge in [0.05, 0.1) is 12.3 Å². The van der Waals surface area contributed by atoms with Gasteiger partial charge in [-0.25, -0.2) is 4.98 Å². The molecule has 0 radical (unpaired) electrons. The van der Waals surface area contributed by atoms with Crippen LogP contribution in [-0.4, -0.2) is 42.1 Å². The van der Waals surface area contributed by atoms with Crippen molar-refractivity contribution in [2.75, 3.05) is 26.3 Å². The molecular weight excluding hydrogens is 308 g/mol. The Morgan fingerprint density at radius 3 is 2.83 bits per heavy atom. The molecule has 23 heavy (non-hydrogen) atoms. The van der Waals surface area contributed by atoms with Crippen LogP contribution in [0.15, 0.2) is 30.3 Å². The third-order valence-corrected chi connectivity index (χ3v) is 5.38. The first-order valence-electron chi connectivity index (χ1n) is 8.09. The van der Waals surface area contributed by atoms with Gasteiger partial charge >= 0.3 is 0 Å². The summed E-state index contributed by atoms with van der Waals surface area (Å²) in [7, 11) is 0. The predicted molar refractivity (Wildman–Crippen MR) is 92.8 cm³/mol. The van der Waals surface area contributed by atoms with Crippen molar-refractivity contribution in [2.24, 2.45) is 5.92 Å². The lowest BCUT2D eigenvalue weighted by Gasteiger charge is -2.23. The van der Waals surface area contributed by atoms with Gasteiger partial charge in [-0.05, 0) is 20.3 Å². The van der Waals surface area contributed by atoms with Crippen molar-refractivity contribution in [3.63, 3.8) is 0 Å². The van der Waals surface area contributed by atoms with Crippen molar-refractivity contribution in [1.29, 1.82) is 0 Å². The van der Waals surface area contributed by atoms with Crippen LogP contribution in [0.2, 0.25) is 0 Å². The molecule has 1 aliphatic heterocycles. The van der Waals surface area contributed by atoms with Gasteiger partial charge in [0.1, 0.15) is 9.88 Å². The largest absolute Gasteiger partial charge is 0.381 e. The molecule has 4 nitrogen and oxygen atoms in total. The zero-order chi connectivity index (χ0) is 16.2. The number of amides is 1. The average molecular weight is 330 g/mol. The molecule has 1 atom stereocenters. The molecular formula is C18H22N2O2S. The Kier molecular flexibility index (Phi) is 5.08. The molecule has 2 aromatic rings. The highest BCUT2D eigenvalue weighted by molar-refractivity contribution is 7.17. The molecule has 0 N–H and O–H groups in total. The third kappa shape index (κ3) is 3.62. The van der Waals surface area contributed by atoms with Gasteiger partial charge < -0.3 is 9.64 Å². The maximum Gasteiger partial charge on any atom is 0.265 e. The van der Waals surface area contributed by atoms with E-state index in [0.717, 1.165) is 47.3 Å². The van der Waals surface area contributed by atoms with E-state index in [9.17, 15) is 4.79 Å². The van der Waals surface area contributed by atoms with E-state index in [0.29, 0.717) is 12.5 Å². The summed E-state index contributed by atoms with van der Waals surface area (Å²) >= 11 is 1.49. The van der Waals surface area contributed by atoms with Crippen molar-refractivity contribution in [3.8, 4) is 10.6 Å². The number of rotatable bonds is 5. The summed E-state index contributed by atoms with van der Waals surface area (Å²) in [5.74, 6) is 0.553. The summed E-state index contributed by atoms with van der Waals surface area (Å²) in [6, 6.07) is 10.0. The molecule has 1 unspecified atom stereocenters. The van der Waals surface area contributed by atoms with Gasteiger partial charge in [-0.15, -0.1) is 11.3 Å². The Labute approximate surface area is 141 Å². The van der Waals surface area contributed by atoms with Crippen LogP contribution in [0.3, 0.4) is 0 Å². The van der Waals surface area contributed by atoms with Gasteiger partial charge in [0.15, 0.2) is 0 Å². The molecule has 1 saturated heterocycles. The Morgan fingerprint density at radius 1 is 1.39 bits per heavy atom. The van der Waals surface area contributed by atoms with E-state index in [1.54, 1.807) is 0 Å². The van der Waals surface area contributed by atoms with Crippen molar-refractivity contribution in [1.82, 2.24) is 9.88 Å². The molecule has 5 heteroatoms. The average Bonchev–Trinajstić information content (AvgIpc) is 3.22. The van der Waals surface area contributed by atoms with Gasteiger partial charge in [0.25, 0.3) is 5.91 Å². The first-order valence-corrected chi connectivity index (χ1v) is 8.90. The molecule has 0 spiro atoms. The van der Waals surface area contributed by atoms with Crippen LogP contribution in [0.4, 0.5) is 0 Å². The van der Waals surface area contributed by atoms with Crippen LogP contribution in [-0.2, 0) is 4.74 Å². The summed E-state index contributed by atoms with van der Waals surface area (Å²) in [6.45, 7) is 7.01. The molecule has 0 aliphatic carbocycles. The Balaban J connectivity index is 1.79. The number of hydrogen-bond donors (Lipinski definition) is 0. The summed E-state index contributed by atoms with van der Waals surface area (Å²) in [6.07, 6.45) is 1.04. The second-order valence-corrected chi connectivity index (χ2v) is 6.87. The van der Waals surface area contributed by atoms with E-state index in [1.807, 2.05) is 49.1 Å². The fraction of sp³-hybridized carbons (Fsp3) is 0.444. The van der Waals surface area contributed by atoms with Crippen LogP contribution >= 0.6 is 11.3 Å². The van der Waals surface area contributed by atoms with E-state index in [1.165, 1.54) is 11.3 Å².